The minimum Gasteiger partial charge on any atom is -0.351 e. The minimum absolute atomic E-state index is 0.127. The number of para-hydroxylation sites is 1. The Morgan fingerprint density at radius 3 is 2.90 bits per heavy atom. The molecule has 1 amide bonds. The number of hydrogen-bond donors (Lipinski definition) is 2. The molecule has 2 N–H and O–H groups in total. The summed E-state index contributed by atoms with van der Waals surface area (Å²) in [5.41, 5.74) is 1.59. The van der Waals surface area contributed by atoms with E-state index in [0.29, 0.717) is 36.9 Å². The molecule has 148 valence electrons. The Kier molecular flexibility index (Phi) is 5.39. The molecule has 1 aromatic heterocycles. The third kappa shape index (κ3) is 4.19. The van der Waals surface area contributed by atoms with E-state index in [1.165, 1.54) is 11.8 Å². The first-order valence-corrected chi connectivity index (χ1v) is 9.95. The maximum Gasteiger partial charge on any atom is 0.266 e. The summed E-state index contributed by atoms with van der Waals surface area (Å²) in [5.74, 6) is -1.36. The zero-order chi connectivity index (χ0) is 20.4. The second-order valence-corrected chi connectivity index (χ2v) is 7.56. The number of rotatable bonds is 6. The van der Waals surface area contributed by atoms with Crippen molar-refractivity contribution in [2.45, 2.75) is 18.0 Å². The van der Waals surface area contributed by atoms with Gasteiger partial charge in [-0.05, 0) is 24.1 Å². The van der Waals surface area contributed by atoms with Gasteiger partial charge in [-0.15, -0.1) is 0 Å². The molecule has 0 bridgehead atoms. The number of halogens is 2. The van der Waals surface area contributed by atoms with Crippen molar-refractivity contribution in [3.8, 4) is 0 Å². The molecule has 0 saturated carbocycles. The van der Waals surface area contributed by atoms with Gasteiger partial charge in [-0.3, -0.25) is 9.59 Å². The molecule has 1 aliphatic rings. The Morgan fingerprint density at radius 1 is 1.24 bits per heavy atom. The number of aromatic amines is 1. The lowest BCUT2D eigenvalue weighted by Gasteiger charge is -2.06. The molecule has 0 unspecified atom stereocenters. The van der Waals surface area contributed by atoms with E-state index in [2.05, 4.69) is 20.3 Å². The molecule has 1 aliphatic heterocycles. The van der Waals surface area contributed by atoms with Crippen LogP contribution in [-0.2, 0) is 11.2 Å². The smallest absolute Gasteiger partial charge is 0.266 e. The fourth-order valence-corrected chi connectivity index (χ4v) is 3.83. The predicted molar refractivity (Wildman–Crippen MR) is 108 cm³/mol. The van der Waals surface area contributed by atoms with Crippen LogP contribution in [-0.4, -0.2) is 33.9 Å². The zero-order valence-corrected chi connectivity index (χ0v) is 16.0. The highest BCUT2D eigenvalue weighted by molar-refractivity contribution is 7.99. The summed E-state index contributed by atoms with van der Waals surface area (Å²) in [7, 11) is 0. The number of hydrogen-bond acceptors (Lipinski definition) is 5. The first-order valence-electron chi connectivity index (χ1n) is 8.97. The van der Waals surface area contributed by atoms with Gasteiger partial charge in [0.1, 0.15) is 17.0 Å². The van der Waals surface area contributed by atoms with Crippen molar-refractivity contribution in [2.75, 3.05) is 12.3 Å². The number of fused-ring (bicyclic) bond motifs is 2. The number of aromatic nitrogens is 2. The quantitative estimate of drug-likeness (QED) is 0.369. The number of nitrogens with zero attached hydrogens (tertiary/aromatic N) is 2. The maximum atomic E-state index is 13.9. The topological polar surface area (TPSA) is 87.2 Å². The van der Waals surface area contributed by atoms with Crippen LogP contribution >= 0.6 is 11.8 Å². The summed E-state index contributed by atoms with van der Waals surface area (Å²) in [4.78, 5) is 35.1. The Bertz CT molecular complexity index is 1190. The lowest BCUT2D eigenvalue weighted by atomic mass is 10.1. The van der Waals surface area contributed by atoms with Crippen LogP contribution in [0.2, 0.25) is 0 Å². The van der Waals surface area contributed by atoms with E-state index < -0.39 is 17.2 Å². The first kappa shape index (κ1) is 19.3. The summed E-state index contributed by atoms with van der Waals surface area (Å²) in [6.07, 6.45) is 1.13. The van der Waals surface area contributed by atoms with Crippen molar-refractivity contribution in [3.63, 3.8) is 0 Å². The van der Waals surface area contributed by atoms with Crippen molar-refractivity contribution >= 4 is 40.0 Å². The normalized spacial score (nSPS) is 12.7. The molecular formula is C20H16F2N4O2S. The monoisotopic (exact) mass is 414 g/mol. The fraction of sp³-hybridized carbons (Fsp3) is 0.200. The van der Waals surface area contributed by atoms with Gasteiger partial charge in [-0.25, -0.2) is 18.8 Å². The van der Waals surface area contributed by atoms with Crippen molar-refractivity contribution in [1.82, 2.24) is 15.3 Å². The second kappa shape index (κ2) is 8.12. The second-order valence-electron chi connectivity index (χ2n) is 6.48. The standard InChI is InChI=1S/C20H16F2N4O2S/c21-12-9-13-17(14(22)10-12)25-20(26-18(13)27)29-7-3-6-23-19(28)16-8-11-4-1-2-5-15(11)24-16/h1-2,4-5,9-10H,3,6-8H2,(H,23,28)(H,25,26,27). The van der Waals surface area contributed by atoms with Gasteiger partial charge in [0.2, 0.25) is 0 Å². The van der Waals surface area contributed by atoms with Crippen LogP contribution in [0, 0.1) is 11.6 Å². The van der Waals surface area contributed by atoms with E-state index in [1.54, 1.807) is 0 Å². The van der Waals surface area contributed by atoms with Gasteiger partial charge in [0, 0.05) is 24.8 Å². The highest BCUT2D eigenvalue weighted by Crippen LogP contribution is 2.25. The lowest BCUT2D eigenvalue weighted by Crippen LogP contribution is -2.32. The van der Waals surface area contributed by atoms with E-state index in [0.717, 1.165) is 17.3 Å². The average Bonchev–Trinajstić information content (AvgIpc) is 3.13. The van der Waals surface area contributed by atoms with Crippen molar-refractivity contribution in [3.05, 3.63) is 63.9 Å². The number of thioether (sulfide) groups is 1. The van der Waals surface area contributed by atoms with Crippen LogP contribution in [0.25, 0.3) is 10.9 Å². The highest BCUT2D eigenvalue weighted by atomic mass is 32.2. The number of benzene rings is 2. The average molecular weight is 414 g/mol. The molecule has 4 rings (SSSR count). The van der Waals surface area contributed by atoms with Gasteiger partial charge in [0.25, 0.3) is 11.5 Å². The first-order chi connectivity index (χ1) is 14.0. The zero-order valence-electron chi connectivity index (χ0n) is 15.2. The Morgan fingerprint density at radius 2 is 2.07 bits per heavy atom. The van der Waals surface area contributed by atoms with Crippen molar-refractivity contribution < 1.29 is 13.6 Å². The van der Waals surface area contributed by atoms with Gasteiger partial charge < -0.3 is 10.3 Å². The van der Waals surface area contributed by atoms with E-state index in [1.807, 2.05) is 24.3 Å². The van der Waals surface area contributed by atoms with Crippen LogP contribution in [0.5, 0.6) is 0 Å². The third-order valence-electron chi connectivity index (χ3n) is 4.42. The molecule has 0 saturated heterocycles. The molecule has 0 atom stereocenters. The lowest BCUT2D eigenvalue weighted by molar-refractivity contribution is -0.114. The van der Waals surface area contributed by atoms with Gasteiger partial charge in [-0.1, -0.05) is 30.0 Å². The van der Waals surface area contributed by atoms with Crippen molar-refractivity contribution in [1.29, 1.82) is 0 Å². The Labute approximate surface area is 168 Å². The number of carbonyl (C=O) groups excluding carboxylic acids is 1. The summed E-state index contributed by atoms with van der Waals surface area (Å²) in [5, 5.41) is 2.94. The van der Waals surface area contributed by atoms with Crippen molar-refractivity contribution in [2.24, 2.45) is 4.99 Å². The van der Waals surface area contributed by atoms with E-state index in [4.69, 9.17) is 0 Å². The third-order valence-corrected chi connectivity index (χ3v) is 5.38. The van der Waals surface area contributed by atoms with Gasteiger partial charge >= 0.3 is 0 Å². The van der Waals surface area contributed by atoms with Gasteiger partial charge in [0.15, 0.2) is 11.0 Å². The summed E-state index contributed by atoms with van der Waals surface area (Å²) in [6, 6.07) is 9.28. The number of amides is 1. The van der Waals surface area contributed by atoms with Crippen LogP contribution in [0.1, 0.15) is 12.0 Å². The number of aliphatic imine (C=N–C) groups is 1. The maximum absolute atomic E-state index is 13.9. The molecule has 6 nitrogen and oxygen atoms in total. The molecule has 9 heteroatoms. The minimum atomic E-state index is -0.876. The number of H-pyrrole nitrogens is 1. The van der Waals surface area contributed by atoms with Crippen LogP contribution < -0.4 is 10.9 Å². The molecule has 0 aliphatic carbocycles. The largest absolute Gasteiger partial charge is 0.351 e. The molecule has 0 spiro atoms. The summed E-state index contributed by atoms with van der Waals surface area (Å²) in [6.45, 7) is 0.429. The molecule has 2 heterocycles. The van der Waals surface area contributed by atoms with Crippen LogP contribution in [0.3, 0.4) is 0 Å². The van der Waals surface area contributed by atoms with Gasteiger partial charge in [-0.2, -0.15) is 0 Å². The fourth-order valence-electron chi connectivity index (χ4n) is 3.03. The molecular weight excluding hydrogens is 398 g/mol. The van der Waals surface area contributed by atoms with E-state index in [-0.39, 0.29) is 22.0 Å². The van der Waals surface area contributed by atoms with Gasteiger partial charge in [0.05, 0.1) is 11.1 Å². The highest BCUT2D eigenvalue weighted by Gasteiger charge is 2.19. The SMILES string of the molecule is O=C(NCCCSc1nc2c(F)cc(F)cc2c(=O)[nH]1)C1=Nc2ccccc2C1. The number of carbonyl (C=O) groups is 1. The molecule has 29 heavy (non-hydrogen) atoms. The Balaban J connectivity index is 1.29. The summed E-state index contributed by atoms with van der Waals surface area (Å²) < 4.78 is 27.1. The molecule has 0 radical (unpaired) electrons. The summed E-state index contributed by atoms with van der Waals surface area (Å²) >= 11 is 1.23. The molecule has 2 aromatic carbocycles. The Hall–Kier alpha value is -3.07. The van der Waals surface area contributed by atoms with Crippen LogP contribution in [0.15, 0.2) is 51.3 Å². The van der Waals surface area contributed by atoms with Crippen LogP contribution in [0.4, 0.5) is 14.5 Å². The van der Waals surface area contributed by atoms with E-state index in [9.17, 15) is 18.4 Å². The predicted octanol–water partition coefficient (Wildman–Crippen LogP) is 3.13. The number of nitrogens with one attached hydrogen (secondary N) is 2. The molecule has 0 fully saturated rings. The molecule has 3 aromatic rings. The van der Waals surface area contributed by atoms with E-state index >= 15 is 0 Å².